The molecule has 0 saturated heterocycles. The molecule has 1 rings (SSSR count). The van der Waals surface area contributed by atoms with Crippen molar-refractivity contribution < 1.29 is 0 Å². The summed E-state index contributed by atoms with van der Waals surface area (Å²) in [6.45, 7) is 1.76. The van der Waals surface area contributed by atoms with Gasteiger partial charge in [-0.2, -0.15) is 4.91 Å². The molecule has 0 heterocycles. The van der Waals surface area contributed by atoms with Gasteiger partial charge in [0.2, 0.25) is 0 Å². The molecular formula is C10H9BrClNO. The second-order valence-electron chi connectivity index (χ2n) is 2.88. The first-order valence-electron chi connectivity index (χ1n) is 4.08. The molecule has 2 nitrogen and oxygen atoms in total. The van der Waals surface area contributed by atoms with E-state index in [4.69, 9.17) is 11.6 Å². The summed E-state index contributed by atoms with van der Waals surface area (Å²) in [5.74, 6) is 0. The number of benzene rings is 1. The molecule has 0 bridgehead atoms. The number of nitrogens with zero attached hydrogens (tertiary/aromatic N) is 1. The van der Waals surface area contributed by atoms with Crippen LogP contribution in [0.4, 0.5) is 0 Å². The molecule has 0 radical (unpaired) electrons. The van der Waals surface area contributed by atoms with Crippen molar-refractivity contribution in [1.29, 1.82) is 0 Å². The average Bonchev–Trinajstić information content (AvgIpc) is 2.17. The minimum absolute atomic E-state index is 0.299. The van der Waals surface area contributed by atoms with Crippen molar-refractivity contribution in [3.63, 3.8) is 0 Å². The standard InChI is InChI=1S/C10H9BrClNO/c1-7(13-14)9-4-2-8(3-5-9)6-10(11)12/h2-7H,1H3. The van der Waals surface area contributed by atoms with Crippen molar-refractivity contribution >= 4 is 33.6 Å². The zero-order valence-corrected chi connectivity index (χ0v) is 9.92. The van der Waals surface area contributed by atoms with Gasteiger partial charge in [0, 0.05) is 0 Å². The van der Waals surface area contributed by atoms with Crippen molar-refractivity contribution in [3.8, 4) is 0 Å². The zero-order valence-electron chi connectivity index (χ0n) is 7.58. The lowest BCUT2D eigenvalue weighted by molar-refractivity contribution is 0.811. The average molecular weight is 275 g/mol. The summed E-state index contributed by atoms with van der Waals surface area (Å²) in [4.78, 5) is 10.3. The molecule has 4 heteroatoms. The molecule has 0 spiro atoms. The molecule has 1 atom stereocenters. The van der Waals surface area contributed by atoms with Crippen LogP contribution in [0, 0.1) is 4.91 Å². The Bertz CT molecular complexity index is 344. The van der Waals surface area contributed by atoms with E-state index < -0.39 is 0 Å². The van der Waals surface area contributed by atoms with Crippen LogP contribution in [0.25, 0.3) is 6.08 Å². The summed E-state index contributed by atoms with van der Waals surface area (Å²) in [6.07, 6.45) is 1.78. The molecule has 1 aromatic rings. The van der Waals surface area contributed by atoms with E-state index in [0.29, 0.717) is 3.94 Å². The maximum absolute atomic E-state index is 10.3. The van der Waals surface area contributed by atoms with Crippen LogP contribution in [0.2, 0.25) is 0 Å². The predicted molar refractivity (Wildman–Crippen MR) is 63.4 cm³/mol. The fourth-order valence-electron chi connectivity index (χ4n) is 1.06. The number of nitroso groups, excluding NO2 is 1. The van der Waals surface area contributed by atoms with Crippen LogP contribution in [0.15, 0.2) is 33.4 Å². The third kappa shape index (κ3) is 3.24. The lowest BCUT2D eigenvalue weighted by Crippen LogP contribution is -1.87. The fraction of sp³-hybridized carbons (Fsp3) is 0.200. The van der Waals surface area contributed by atoms with Gasteiger partial charge in [0.25, 0.3) is 0 Å². The highest BCUT2D eigenvalue weighted by Gasteiger charge is 2.03. The van der Waals surface area contributed by atoms with E-state index >= 15 is 0 Å². The predicted octanol–water partition coefficient (Wildman–Crippen LogP) is 4.45. The fourth-order valence-corrected chi connectivity index (χ4v) is 1.45. The smallest absolute Gasteiger partial charge is 0.114 e. The first kappa shape index (κ1) is 11.4. The third-order valence-corrected chi connectivity index (χ3v) is 2.19. The van der Waals surface area contributed by atoms with Gasteiger partial charge in [-0.15, -0.1) is 0 Å². The molecule has 0 amide bonds. The van der Waals surface area contributed by atoms with E-state index in [1.807, 2.05) is 24.3 Å². The third-order valence-electron chi connectivity index (χ3n) is 1.85. The zero-order chi connectivity index (χ0) is 10.6. The van der Waals surface area contributed by atoms with Gasteiger partial charge >= 0.3 is 0 Å². The van der Waals surface area contributed by atoms with Crippen LogP contribution >= 0.6 is 27.5 Å². The molecule has 14 heavy (non-hydrogen) atoms. The van der Waals surface area contributed by atoms with Crippen molar-refractivity contribution in [2.45, 2.75) is 13.0 Å². The minimum atomic E-state index is -0.299. The molecule has 0 saturated carbocycles. The second-order valence-corrected chi connectivity index (χ2v) is 4.60. The maximum Gasteiger partial charge on any atom is 0.114 e. The van der Waals surface area contributed by atoms with E-state index in [-0.39, 0.29) is 6.04 Å². The number of rotatable bonds is 3. The van der Waals surface area contributed by atoms with Crippen LogP contribution < -0.4 is 0 Å². The Morgan fingerprint density at radius 2 is 2.07 bits per heavy atom. The van der Waals surface area contributed by atoms with Crippen molar-refractivity contribution in [2.75, 3.05) is 0 Å². The van der Waals surface area contributed by atoms with Crippen molar-refractivity contribution in [3.05, 3.63) is 44.2 Å². The van der Waals surface area contributed by atoms with Gasteiger partial charge < -0.3 is 0 Å². The van der Waals surface area contributed by atoms with Gasteiger partial charge in [-0.1, -0.05) is 41.0 Å². The quantitative estimate of drug-likeness (QED) is 0.749. The van der Waals surface area contributed by atoms with Crippen LogP contribution in [-0.4, -0.2) is 0 Å². The topological polar surface area (TPSA) is 29.4 Å². The highest BCUT2D eigenvalue weighted by molar-refractivity contribution is 9.12. The molecule has 1 aromatic carbocycles. The molecule has 0 aromatic heterocycles. The molecule has 0 aliphatic heterocycles. The van der Waals surface area contributed by atoms with Crippen LogP contribution in [-0.2, 0) is 0 Å². The summed E-state index contributed by atoms with van der Waals surface area (Å²) in [7, 11) is 0. The van der Waals surface area contributed by atoms with Gasteiger partial charge in [0.15, 0.2) is 0 Å². The first-order chi connectivity index (χ1) is 6.63. The summed E-state index contributed by atoms with van der Waals surface area (Å²) < 4.78 is 0.548. The van der Waals surface area contributed by atoms with Gasteiger partial charge in [0.05, 0.1) is 3.94 Å². The SMILES string of the molecule is CC(N=O)c1ccc(C=C(Cl)Br)cc1. The number of halogens is 2. The Hall–Kier alpha value is -0.670. The molecule has 0 aliphatic rings. The molecule has 0 fully saturated rings. The van der Waals surface area contributed by atoms with Gasteiger partial charge in [-0.25, -0.2) is 0 Å². The number of hydrogen-bond acceptors (Lipinski definition) is 2. The highest BCUT2D eigenvalue weighted by Crippen LogP contribution is 2.20. The summed E-state index contributed by atoms with van der Waals surface area (Å²) in [5.41, 5.74) is 1.89. The van der Waals surface area contributed by atoms with E-state index in [0.717, 1.165) is 11.1 Å². The highest BCUT2D eigenvalue weighted by atomic mass is 79.9. The Balaban J connectivity index is 2.89. The normalized spacial score (nSPS) is 13.8. The van der Waals surface area contributed by atoms with Crippen LogP contribution in [0.1, 0.15) is 24.1 Å². The lowest BCUT2D eigenvalue weighted by Gasteiger charge is -2.02. The first-order valence-corrected chi connectivity index (χ1v) is 5.25. The number of hydrogen-bond donors (Lipinski definition) is 0. The Morgan fingerprint density at radius 3 is 2.50 bits per heavy atom. The maximum atomic E-state index is 10.3. The summed E-state index contributed by atoms with van der Waals surface area (Å²) in [5, 5.41) is 2.95. The molecule has 74 valence electrons. The summed E-state index contributed by atoms with van der Waals surface area (Å²) in [6, 6.07) is 7.21. The van der Waals surface area contributed by atoms with Gasteiger partial charge in [0.1, 0.15) is 6.04 Å². The van der Waals surface area contributed by atoms with Gasteiger partial charge in [-0.3, -0.25) is 0 Å². The Morgan fingerprint density at radius 1 is 1.50 bits per heavy atom. The van der Waals surface area contributed by atoms with E-state index in [2.05, 4.69) is 21.1 Å². The van der Waals surface area contributed by atoms with E-state index in [9.17, 15) is 4.91 Å². The monoisotopic (exact) mass is 273 g/mol. The van der Waals surface area contributed by atoms with Crippen molar-refractivity contribution in [1.82, 2.24) is 0 Å². The largest absolute Gasteiger partial charge is 0.150 e. The molecule has 1 unspecified atom stereocenters. The van der Waals surface area contributed by atoms with Gasteiger partial charge in [-0.05, 0) is 40.1 Å². The van der Waals surface area contributed by atoms with Crippen LogP contribution in [0.3, 0.4) is 0 Å². The Labute approximate surface area is 96.1 Å². The molecule has 0 N–H and O–H groups in total. The lowest BCUT2D eigenvalue weighted by atomic mass is 10.1. The summed E-state index contributed by atoms with van der Waals surface area (Å²) >= 11 is 8.78. The molecule has 0 aliphatic carbocycles. The van der Waals surface area contributed by atoms with Crippen LogP contribution in [0.5, 0.6) is 0 Å². The second kappa shape index (κ2) is 5.27. The minimum Gasteiger partial charge on any atom is -0.150 e. The van der Waals surface area contributed by atoms with E-state index in [1.165, 1.54) is 0 Å². The van der Waals surface area contributed by atoms with Crippen molar-refractivity contribution in [2.24, 2.45) is 5.18 Å². The Kier molecular flexibility index (Phi) is 4.29. The van der Waals surface area contributed by atoms with E-state index in [1.54, 1.807) is 13.0 Å². The molecular weight excluding hydrogens is 265 g/mol.